The Morgan fingerprint density at radius 2 is 1.96 bits per heavy atom. The molecule has 144 valence electrons. The quantitative estimate of drug-likeness (QED) is 0.551. The molecular weight excluding hydrogens is 374 g/mol. The van der Waals surface area contributed by atoms with Crippen molar-refractivity contribution in [3.05, 3.63) is 81.0 Å². The number of carbonyl (C=O) groups is 2. The summed E-state index contributed by atoms with van der Waals surface area (Å²) in [6.07, 6.45) is 0. The van der Waals surface area contributed by atoms with E-state index in [1.807, 2.05) is 0 Å². The molecular formula is C18H14F2N4O4. The van der Waals surface area contributed by atoms with Gasteiger partial charge < -0.3 is 16.0 Å². The first-order chi connectivity index (χ1) is 13.3. The number of nitro groups is 1. The van der Waals surface area contributed by atoms with E-state index in [1.54, 1.807) is 0 Å². The lowest BCUT2D eigenvalue weighted by Crippen LogP contribution is -2.46. The first-order valence-corrected chi connectivity index (χ1v) is 8.05. The van der Waals surface area contributed by atoms with Crippen LogP contribution in [0, 0.1) is 21.7 Å². The highest BCUT2D eigenvalue weighted by atomic mass is 19.1. The summed E-state index contributed by atoms with van der Waals surface area (Å²) in [5.74, 6) is -2.44. The highest BCUT2D eigenvalue weighted by Gasteiger charge is 2.33. The molecule has 28 heavy (non-hydrogen) atoms. The number of anilines is 1. The monoisotopic (exact) mass is 388 g/mol. The number of nitrogens with zero attached hydrogens (tertiary/aromatic N) is 1. The fourth-order valence-electron chi connectivity index (χ4n) is 2.86. The van der Waals surface area contributed by atoms with E-state index in [-0.39, 0.29) is 28.2 Å². The second-order valence-corrected chi connectivity index (χ2v) is 6.00. The SMILES string of the molecule is CC1=C(C(=O)Nc2cccc([N+](=O)[O-])c2)C(c2ccc(F)cc2F)NC(=O)N1. The van der Waals surface area contributed by atoms with Gasteiger partial charge in [0.15, 0.2) is 0 Å². The number of allylic oxidation sites excluding steroid dienone is 1. The summed E-state index contributed by atoms with van der Waals surface area (Å²) in [5.41, 5.74) is -0.0220. The lowest BCUT2D eigenvalue weighted by molar-refractivity contribution is -0.384. The maximum atomic E-state index is 14.3. The van der Waals surface area contributed by atoms with Crippen LogP contribution >= 0.6 is 0 Å². The fraction of sp³-hybridized carbons (Fsp3) is 0.111. The summed E-state index contributed by atoms with van der Waals surface area (Å²) in [6, 6.07) is 6.24. The number of nitro benzene ring substituents is 1. The Balaban J connectivity index is 1.97. The van der Waals surface area contributed by atoms with E-state index >= 15 is 0 Å². The molecule has 2 aromatic rings. The average Bonchev–Trinajstić information content (AvgIpc) is 2.61. The molecule has 2 aromatic carbocycles. The Kier molecular flexibility index (Phi) is 5.03. The number of amides is 3. The minimum absolute atomic E-state index is 0.0170. The molecule has 1 aliphatic rings. The molecule has 0 radical (unpaired) electrons. The van der Waals surface area contributed by atoms with Gasteiger partial charge in [-0.25, -0.2) is 13.6 Å². The largest absolute Gasteiger partial charge is 0.327 e. The van der Waals surface area contributed by atoms with Crippen LogP contribution in [0.3, 0.4) is 0 Å². The average molecular weight is 388 g/mol. The first kappa shape index (κ1) is 19.0. The van der Waals surface area contributed by atoms with Crippen molar-refractivity contribution in [1.82, 2.24) is 10.6 Å². The summed E-state index contributed by atoms with van der Waals surface area (Å²) < 4.78 is 27.5. The van der Waals surface area contributed by atoms with Gasteiger partial charge in [-0.2, -0.15) is 0 Å². The third kappa shape index (κ3) is 3.80. The van der Waals surface area contributed by atoms with Crippen molar-refractivity contribution >= 4 is 23.3 Å². The zero-order valence-electron chi connectivity index (χ0n) is 14.5. The van der Waals surface area contributed by atoms with Gasteiger partial charge in [0.2, 0.25) is 0 Å². The summed E-state index contributed by atoms with van der Waals surface area (Å²) in [5, 5.41) is 18.2. The molecule has 0 saturated carbocycles. The van der Waals surface area contributed by atoms with Crippen LogP contribution in [0.15, 0.2) is 53.7 Å². The van der Waals surface area contributed by atoms with Crippen LogP contribution in [0.5, 0.6) is 0 Å². The van der Waals surface area contributed by atoms with E-state index in [0.29, 0.717) is 6.07 Å². The molecule has 10 heteroatoms. The van der Waals surface area contributed by atoms with Gasteiger partial charge in [-0.15, -0.1) is 0 Å². The number of hydrogen-bond acceptors (Lipinski definition) is 4. The highest BCUT2D eigenvalue weighted by Crippen LogP contribution is 2.30. The first-order valence-electron chi connectivity index (χ1n) is 8.05. The maximum Gasteiger partial charge on any atom is 0.319 e. The van der Waals surface area contributed by atoms with Crippen molar-refractivity contribution in [1.29, 1.82) is 0 Å². The van der Waals surface area contributed by atoms with Crippen molar-refractivity contribution in [3.8, 4) is 0 Å². The molecule has 0 aromatic heterocycles. The topological polar surface area (TPSA) is 113 Å². The van der Waals surface area contributed by atoms with Crippen LogP contribution in [-0.4, -0.2) is 16.9 Å². The molecule has 1 unspecified atom stereocenters. The van der Waals surface area contributed by atoms with Gasteiger partial charge in [0.05, 0.1) is 16.5 Å². The molecule has 3 rings (SSSR count). The third-order valence-electron chi connectivity index (χ3n) is 4.10. The maximum absolute atomic E-state index is 14.3. The van der Waals surface area contributed by atoms with E-state index < -0.39 is 34.5 Å². The van der Waals surface area contributed by atoms with Crippen LogP contribution in [0.4, 0.5) is 25.0 Å². The van der Waals surface area contributed by atoms with Gasteiger partial charge in [-0.1, -0.05) is 12.1 Å². The van der Waals surface area contributed by atoms with Crippen molar-refractivity contribution in [2.45, 2.75) is 13.0 Å². The van der Waals surface area contributed by atoms with Crippen LogP contribution in [0.25, 0.3) is 0 Å². The fourth-order valence-corrected chi connectivity index (χ4v) is 2.86. The smallest absolute Gasteiger partial charge is 0.319 e. The van der Waals surface area contributed by atoms with Crippen molar-refractivity contribution in [2.75, 3.05) is 5.32 Å². The van der Waals surface area contributed by atoms with Gasteiger partial charge in [0.25, 0.3) is 11.6 Å². The second kappa shape index (κ2) is 7.43. The Labute approximate surface area is 157 Å². The lowest BCUT2D eigenvalue weighted by atomic mass is 9.94. The van der Waals surface area contributed by atoms with Crippen molar-refractivity contribution in [2.24, 2.45) is 0 Å². The van der Waals surface area contributed by atoms with Gasteiger partial charge in [0, 0.05) is 35.1 Å². The van der Waals surface area contributed by atoms with Gasteiger partial charge in [-0.3, -0.25) is 14.9 Å². The number of non-ortho nitro benzene ring substituents is 1. The molecule has 0 aliphatic carbocycles. The minimum atomic E-state index is -1.17. The number of nitrogens with one attached hydrogen (secondary N) is 3. The van der Waals surface area contributed by atoms with Crippen LogP contribution in [0.2, 0.25) is 0 Å². The molecule has 0 saturated heterocycles. The number of rotatable bonds is 4. The molecule has 0 bridgehead atoms. The number of hydrogen-bond donors (Lipinski definition) is 3. The predicted molar refractivity (Wildman–Crippen MR) is 95.2 cm³/mol. The molecule has 3 N–H and O–H groups in total. The molecule has 1 heterocycles. The molecule has 0 fully saturated rings. The van der Waals surface area contributed by atoms with Crippen LogP contribution in [-0.2, 0) is 4.79 Å². The van der Waals surface area contributed by atoms with Crippen LogP contribution in [0.1, 0.15) is 18.5 Å². The Morgan fingerprint density at radius 1 is 1.21 bits per heavy atom. The number of benzene rings is 2. The van der Waals surface area contributed by atoms with Crippen LogP contribution < -0.4 is 16.0 Å². The predicted octanol–water partition coefficient (Wildman–Crippen LogP) is 3.14. The summed E-state index contributed by atoms with van der Waals surface area (Å²) in [4.78, 5) is 34.9. The summed E-state index contributed by atoms with van der Waals surface area (Å²) >= 11 is 0. The minimum Gasteiger partial charge on any atom is -0.327 e. The zero-order valence-corrected chi connectivity index (χ0v) is 14.5. The summed E-state index contributed by atoms with van der Waals surface area (Å²) in [7, 11) is 0. The molecule has 0 spiro atoms. The summed E-state index contributed by atoms with van der Waals surface area (Å²) in [6.45, 7) is 1.45. The normalized spacial score (nSPS) is 16.2. The molecule has 1 atom stereocenters. The Bertz CT molecular complexity index is 1020. The Hall–Kier alpha value is -3.82. The van der Waals surface area contributed by atoms with Gasteiger partial charge in [-0.05, 0) is 19.1 Å². The molecule has 8 nitrogen and oxygen atoms in total. The van der Waals surface area contributed by atoms with Crippen molar-refractivity contribution < 1.29 is 23.3 Å². The van der Waals surface area contributed by atoms with E-state index in [1.165, 1.54) is 25.1 Å². The van der Waals surface area contributed by atoms with E-state index in [0.717, 1.165) is 18.2 Å². The van der Waals surface area contributed by atoms with E-state index in [9.17, 15) is 28.5 Å². The lowest BCUT2D eigenvalue weighted by Gasteiger charge is -2.28. The number of urea groups is 1. The van der Waals surface area contributed by atoms with Gasteiger partial charge in [0.1, 0.15) is 11.6 Å². The Morgan fingerprint density at radius 3 is 2.64 bits per heavy atom. The standard InChI is InChI=1S/C18H14F2N4O4/c1-9-15(17(25)22-11-3-2-4-12(8-11)24(27)28)16(23-18(26)21-9)13-6-5-10(19)7-14(13)20/h2-8,16H,1H3,(H,22,25)(H2,21,23,26). The van der Waals surface area contributed by atoms with Gasteiger partial charge >= 0.3 is 6.03 Å². The number of carbonyl (C=O) groups excluding carboxylic acids is 2. The highest BCUT2D eigenvalue weighted by molar-refractivity contribution is 6.06. The van der Waals surface area contributed by atoms with E-state index in [2.05, 4.69) is 16.0 Å². The second-order valence-electron chi connectivity index (χ2n) is 6.00. The number of halogens is 2. The third-order valence-corrected chi connectivity index (χ3v) is 4.10. The zero-order chi connectivity index (χ0) is 20.4. The van der Waals surface area contributed by atoms with E-state index in [4.69, 9.17) is 0 Å². The molecule has 1 aliphatic heterocycles. The molecule has 3 amide bonds. The van der Waals surface area contributed by atoms with Crippen molar-refractivity contribution in [3.63, 3.8) is 0 Å².